The Hall–Kier alpha value is -3.16. The van der Waals surface area contributed by atoms with Crippen molar-refractivity contribution in [1.29, 1.82) is 0 Å². The van der Waals surface area contributed by atoms with Crippen LogP contribution in [-0.4, -0.2) is 59.2 Å². The standard InChI is InChI=1S/C19H21N5O3/c1-13-20-17(12-18(21-13)26-2)23-7-9-24(10-8-23)19(25)11-15-14-5-3-4-6-16(14)27-22-15/h3-6,12H,7-11H2,1-2H3. The third-order valence-electron chi connectivity index (χ3n) is 4.74. The number of methoxy groups -OCH3 is 1. The summed E-state index contributed by atoms with van der Waals surface area (Å²) in [7, 11) is 1.59. The van der Waals surface area contributed by atoms with Crippen LogP contribution in [0.2, 0.25) is 0 Å². The second kappa shape index (κ2) is 7.22. The molecule has 0 radical (unpaired) electrons. The van der Waals surface area contributed by atoms with Crippen molar-refractivity contribution in [3.8, 4) is 5.88 Å². The summed E-state index contributed by atoms with van der Waals surface area (Å²) in [5, 5.41) is 4.95. The van der Waals surface area contributed by atoms with Crippen LogP contribution in [0.3, 0.4) is 0 Å². The lowest BCUT2D eigenvalue weighted by atomic mass is 10.1. The number of carbonyl (C=O) groups is 1. The number of aryl methyl sites for hydroxylation is 1. The van der Waals surface area contributed by atoms with Crippen molar-refractivity contribution in [3.63, 3.8) is 0 Å². The molecular formula is C19H21N5O3. The number of para-hydroxylation sites is 1. The Morgan fingerprint density at radius 2 is 1.96 bits per heavy atom. The number of ether oxygens (including phenoxy) is 1. The van der Waals surface area contributed by atoms with Crippen LogP contribution >= 0.6 is 0 Å². The average Bonchev–Trinajstić information content (AvgIpc) is 3.10. The van der Waals surface area contributed by atoms with E-state index in [1.807, 2.05) is 42.2 Å². The predicted octanol–water partition coefficient (Wildman–Crippen LogP) is 1.83. The predicted molar refractivity (Wildman–Crippen MR) is 99.8 cm³/mol. The van der Waals surface area contributed by atoms with E-state index in [0.29, 0.717) is 49.2 Å². The molecule has 1 aliphatic rings. The molecular weight excluding hydrogens is 346 g/mol. The summed E-state index contributed by atoms with van der Waals surface area (Å²) in [5.74, 6) is 2.11. The quantitative estimate of drug-likeness (QED) is 0.695. The van der Waals surface area contributed by atoms with E-state index in [1.54, 1.807) is 7.11 Å². The molecule has 27 heavy (non-hydrogen) atoms. The van der Waals surface area contributed by atoms with Gasteiger partial charge in [0.25, 0.3) is 0 Å². The Kier molecular flexibility index (Phi) is 4.62. The Morgan fingerprint density at radius 1 is 1.19 bits per heavy atom. The fourth-order valence-corrected chi connectivity index (χ4v) is 3.30. The van der Waals surface area contributed by atoms with Gasteiger partial charge in [0, 0.05) is 37.6 Å². The number of aromatic nitrogens is 3. The molecule has 2 aromatic heterocycles. The highest BCUT2D eigenvalue weighted by molar-refractivity contribution is 5.86. The lowest BCUT2D eigenvalue weighted by Crippen LogP contribution is -2.49. The smallest absolute Gasteiger partial charge is 0.228 e. The molecule has 1 aliphatic heterocycles. The SMILES string of the molecule is COc1cc(N2CCN(C(=O)Cc3noc4ccccc34)CC2)nc(C)n1. The fraction of sp³-hybridized carbons (Fsp3) is 0.368. The van der Waals surface area contributed by atoms with Gasteiger partial charge in [-0.15, -0.1) is 0 Å². The number of rotatable bonds is 4. The topological polar surface area (TPSA) is 84.6 Å². The molecule has 3 aromatic rings. The molecule has 0 spiro atoms. The summed E-state index contributed by atoms with van der Waals surface area (Å²) in [6, 6.07) is 9.42. The molecule has 8 nitrogen and oxygen atoms in total. The van der Waals surface area contributed by atoms with Crippen LogP contribution in [0.25, 0.3) is 11.0 Å². The van der Waals surface area contributed by atoms with Crippen LogP contribution in [-0.2, 0) is 11.2 Å². The number of amides is 1. The molecule has 1 amide bonds. The van der Waals surface area contributed by atoms with Crippen molar-refractivity contribution in [1.82, 2.24) is 20.0 Å². The molecule has 4 rings (SSSR count). The second-order valence-electron chi connectivity index (χ2n) is 6.49. The number of nitrogens with zero attached hydrogens (tertiary/aromatic N) is 5. The molecule has 3 heterocycles. The van der Waals surface area contributed by atoms with Gasteiger partial charge in [-0.3, -0.25) is 4.79 Å². The second-order valence-corrected chi connectivity index (χ2v) is 6.49. The molecule has 0 N–H and O–H groups in total. The highest BCUT2D eigenvalue weighted by Crippen LogP contribution is 2.21. The molecule has 0 saturated carbocycles. The first-order valence-electron chi connectivity index (χ1n) is 8.90. The first-order chi connectivity index (χ1) is 13.1. The Morgan fingerprint density at radius 3 is 2.74 bits per heavy atom. The van der Waals surface area contributed by atoms with Crippen LogP contribution in [0, 0.1) is 6.92 Å². The van der Waals surface area contributed by atoms with E-state index in [4.69, 9.17) is 9.26 Å². The summed E-state index contributed by atoms with van der Waals surface area (Å²) in [6.45, 7) is 4.55. The molecule has 140 valence electrons. The Balaban J connectivity index is 1.40. The summed E-state index contributed by atoms with van der Waals surface area (Å²) in [6.07, 6.45) is 0.247. The van der Waals surface area contributed by atoms with E-state index < -0.39 is 0 Å². The first-order valence-corrected chi connectivity index (χ1v) is 8.90. The van der Waals surface area contributed by atoms with E-state index in [0.717, 1.165) is 11.2 Å². The minimum atomic E-state index is 0.0603. The minimum absolute atomic E-state index is 0.0603. The van der Waals surface area contributed by atoms with Crippen LogP contribution in [0.5, 0.6) is 5.88 Å². The number of hydrogen-bond donors (Lipinski definition) is 0. The van der Waals surface area contributed by atoms with Crippen molar-refractivity contribution in [2.75, 3.05) is 38.2 Å². The van der Waals surface area contributed by atoms with Gasteiger partial charge >= 0.3 is 0 Å². The number of anilines is 1. The average molecular weight is 367 g/mol. The van der Waals surface area contributed by atoms with Gasteiger partial charge in [0.1, 0.15) is 17.3 Å². The molecule has 0 atom stereocenters. The first kappa shape index (κ1) is 17.3. The Labute approximate surface area is 156 Å². The van der Waals surface area contributed by atoms with Gasteiger partial charge in [-0.1, -0.05) is 17.3 Å². The molecule has 0 bridgehead atoms. The maximum Gasteiger partial charge on any atom is 0.228 e. The van der Waals surface area contributed by atoms with Crippen molar-refractivity contribution in [3.05, 3.63) is 41.9 Å². The molecule has 0 unspecified atom stereocenters. The van der Waals surface area contributed by atoms with Gasteiger partial charge in [0.05, 0.1) is 13.5 Å². The van der Waals surface area contributed by atoms with Gasteiger partial charge < -0.3 is 19.1 Å². The van der Waals surface area contributed by atoms with Crippen LogP contribution < -0.4 is 9.64 Å². The van der Waals surface area contributed by atoms with Gasteiger partial charge in [0.15, 0.2) is 5.58 Å². The van der Waals surface area contributed by atoms with Gasteiger partial charge in [0.2, 0.25) is 11.8 Å². The molecule has 0 aliphatic carbocycles. The third kappa shape index (κ3) is 3.55. The molecule has 1 fully saturated rings. The number of benzene rings is 1. The van der Waals surface area contributed by atoms with Crippen LogP contribution in [0.1, 0.15) is 11.5 Å². The van der Waals surface area contributed by atoms with E-state index in [2.05, 4.69) is 20.0 Å². The fourth-order valence-electron chi connectivity index (χ4n) is 3.30. The highest BCUT2D eigenvalue weighted by atomic mass is 16.5. The van der Waals surface area contributed by atoms with Gasteiger partial charge in [-0.25, -0.2) is 4.98 Å². The van der Waals surface area contributed by atoms with E-state index in [1.165, 1.54) is 0 Å². The summed E-state index contributed by atoms with van der Waals surface area (Å²) in [4.78, 5) is 25.4. The van der Waals surface area contributed by atoms with Crippen molar-refractivity contribution in [2.45, 2.75) is 13.3 Å². The van der Waals surface area contributed by atoms with Crippen molar-refractivity contribution < 1.29 is 14.1 Å². The number of carbonyl (C=O) groups excluding carboxylic acids is 1. The zero-order chi connectivity index (χ0) is 18.8. The molecule has 8 heteroatoms. The number of hydrogen-bond acceptors (Lipinski definition) is 7. The van der Waals surface area contributed by atoms with Crippen molar-refractivity contribution >= 4 is 22.7 Å². The summed E-state index contributed by atoms with van der Waals surface area (Å²) < 4.78 is 10.5. The lowest BCUT2D eigenvalue weighted by molar-refractivity contribution is -0.130. The third-order valence-corrected chi connectivity index (χ3v) is 4.74. The molecule has 1 aromatic carbocycles. The monoisotopic (exact) mass is 367 g/mol. The maximum absolute atomic E-state index is 12.7. The molecule has 1 saturated heterocycles. The lowest BCUT2D eigenvalue weighted by Gasteiger charge is -2.35. The zero-order valence-corrected chi connectivity index (χ0v) is 15.4. The van der Waals surface area contributed by atoms with Crippen LogP contribution in [0.4, 0.5) is 5.82 Å². The number of fused-ring (bicyclic) bond motifs is 1. The zero-order valence-electron chi connectivity index (χ0n) is 15.4. The normalized spacial score (nSPS) is 14.6. The van der Waals surface area contributed by atoms with E-state index >= 15 is 0 Å². The van der Waals surface area contributed by atoms with E-state index in [-0.39, 0.29) is 12.3 Å². The van der Waals surface area contributed by atoms with Gasteiger partial charge in [-0.05, 0) is 19.1 Å². The highest BCUT2D eigenvalue weighted by Gasteiger charge is 2.24. The number of piperazine rings is 1. The largest absolute Gasteiger partial charge is 0.481 e. The maximum atomic E-state index is 12.7. The van der Waals surface area contributed by atoms with Gasteiger partial charge in [-0.2, -0.15) is 4.98 Å². The van der Waals surface area contributed by atoms with Crippen molar-refractivity contribution in [2.24, 2.45) is 0 Å². The summed E-state index contributed by atoms with van der Waals surface area (Å²) in [5.41, 5.74) is 1.40. The summed E-state index contributed by atoms with van der Waals surface area (Å²) >= 11 is 0. The van der Waals surface area contributed by atoms with E-state index in [9.17, 15) is 4.79 Å². The van der Waals surface area contributed by atoms with Crippen LogP contribution in [0.15, 0.2) is 34.9 Å². The Bertz CT molecular complexity index is 963. The minimum Gasteiger partial charge on any atom is -0.481 e.